The van der Waals surface area contributed by atoms with Crippen molar-refractivity contribution in [1.82, 2.24) is 0 Å². The van der Waals surface area contributed by atoms with Gasteiger partial charge in [0.2, 0.25) is 6.54 Å². The van der Waals surface area contributed by atoms with Crippen molar-refractivity contribution in [1.29, 1.82) is 0 Å². The van der Waals surface area contributed by atoms with E-state index < -0.39 is 11.4 Å². The summed E-state index contributed by atoms with van der Waals surface area (Å²) in [6.45, 7) is 6.80. The molecule has 1 saturated carbocycles. The van der Waals surface area contributed by atoms with E-state index in [1.807, 2.05) is 0 Å². The molecule has 0 saturated heterocycles. The molecule has 0 aromatic rings. The van der Waals surface area contributed by atoms with Gasteiger partial charge < -0.3 is 9.95 Å². The van der Waals surface area contributed by atoms with Crippen LogP contribution >= 0.6 is 0 Å². The normalized spacial score (nSPS) is 21.0. The van der Waals surface area contributed by atoms with Crippen LogP contribution in [0.15, 0.2) is 0 Å². The molecule has 11 heavy (non-hydrogen) atoms. The van der Waals surface area contributed by atoms with E-state index in [4.69, 9.17) is 11.7 Å². The Morgan fingerprint density at radius 1 is 1.55 bits per heavy atom. The van der Waals surface area contributed by atoms with Gasteiger partial charge in [0.1, 0.15) is 5.41 Å². The summed E-state index contributed by atoms with van der Waals surface area (Å²) in [4.78, 5) is 14.0. The molecule has 0 atom stereocenters. The number of nitrogens with zero attached hydrogens (tertiary/aromatic N) is 1. The zero-order chi connectivity index (χ0) is 8.32. The summed E-state index contributed by atoms with van der Waals surface area (Å²) in [5, 5.41) is 8.85. The Balaban J connectivity index is 2.72. The molecule has 0 aromatic carbocycles. The standard InChI is InChI=1S/C8H11NO2/c1-9-6-8(7(10)11)4-2-3-5-8/h2-6H2,(H,10,11). The van der Waals surface area contributed by atoms with E-state index >= 15 is 0 Å². The van der Waals surface area contributed by atoms with Crippen LogP contribution in [-0.4, -0.2) is 17.6 Å². The predicted molar refractivity (Wildman–Crippen MR) is 40.0 cm³/mol. The van der Waals surface area contributed by atoms with Gasteiger partial charge >= 0.3 is 5.97 Å². The fourth-order valence-electron chi connectivity index (χ4n) is 1.64. The lowest BCUT2D eigenvalue weighted by Gasteiger charge is -2.15. The number of rotatable bonds is 2. The Labute approximate surface area is 65.8 Å². The van der Waals surface area contributed by atoms with E-state index in [1.54, 1.807) is 0 Å². The molecule has 60 valence electrons. The number of hydrogen-bond acceptors (Lipinski definition) is 1. The molecule has 0 aromatic heterocycles. The van der Waals surface area contributed by atoms with Crippen LogP contribution in [0.3, 0.4) is 0 Å². The minimum atomic E-state index is -0.786. The molecule has 0 radical (unpaired) electrons. The van der Waals surface area contributed by atoms with Crippen LogP contribution in [0.4, 0.5) is 0 Å². The van der Waals surface area contributed by atoms with Crippen LogP contribution in [0.5, 0.6) is 0 Å². The monoisotopic (exact) mass is 153 g/mol. The van der Waals surface area contributed by atoms with Gasteiger partial charge in [0.05, 0.1) is 0 Å². The molecule has 1 aliphatic carbocycles. The van der Waals surface area contributed by atoms with Crippen molar-refractivity contribution < 1.29 is 9.90 Å². The second-order valence-electron chi connectivity index (χ2n) is 3.11. The Hall–Kier alpha value is -1.04. The average molecular weight is 153 g/mol. The van der Waals surface area contributed by atoms with Gasteiger partial charge in [-0.25, -0.2) is 6.57 Å². The summed E-state index contributed by atoms with van der Waals surface area (Å²) >= 11 is 0. The van der Waals surface area contributed by atoms with Crippen LogP contribution < -0.4 is 0 Å². The van der Waals surface area contributed by atoms with Gasteiger partial charge in [-0.1, -0.05) is 12.8 Å². The Bertz CT molecular complexity index is 199. The fraction of sp³-hybridized carbons (Fsp3) is 0.750. The van der Waals surface area contributed by atoms with Crippen molar-refractivity contribution in [3.63, 3.8) is 0 Å². The maximum absolute atomic E-state index is 10.8. The van der Waals surface area contributed by atoms with Crippen molar-refractivity contribution in [2.45, 2.75) is 25.7 Å². The van der Waals surface area contributed by atoms with Crippen LogP contribution in [0.1, 0.15) is 25.7 Å². The maximum Gasteiger partial charge on any atom is 0.317 e. The smallest absolute Gasteiger partial charge is 0.317 e. The highest BCUT2D eigenvalue weighted by molar-refractivity contribution is 5.75. The highest BCUT2D eigenvalue weighted by atomic mass is 16.4. The molecule has 3 heteroatoms. The van der Waals surface area contributed by atoms with E-state index in [0.717, 1.165) is 12.8 Å². The Kier molecular flexibility index (Phi) is 2.13. The SMILES string of the molecule is [C-]#[N+]CC1(C(=O)O)CCCC1. The number of carbonyl (C=O) groups is 1. The lowest BCUT2D eigenvalue weighted by molar-refractivity contribution is -0.147. The van der Waals surface area contributed by atoms with Gasteiger partial charge in [-0.2, -0.15) is 0 Å². The maximum atomic E-state index is 10.8. The third kappa shape index (κ3) is 1.35. The summed E-state index contributed by atoms with van der Waals surface area (Å²) in [6.07, 6.45) is 3.29. The molecule has 0 bridgehead atoms. The summed E-state index contributed by atoms with van der Waals surface area (Å²) in [5.41, 5.74) is -0.693. The van der Waals surface area contributed by atoms with Gasteiger partial charge in [-0.3, -0.25) is 4.79 Å². The lowest BCUT2D eigenvalue weighted by atomic mass is 9.87. The van der Waals surface area contributed by atoms with Gasteiger partial charge in [0.15, 0.2) is 0 Å². The van der Waals surface area contributed by atoms with E-state index in [0.29, 0.717) is 12.8 Å². The lowest BCUT2D eigenvalue weighted by Crippen LogP contribution is -2.30. The van der Waals surface area contributed by atoms with Gasteiger partial charge in [0.25, 0.3) is 0 Å². The topological polar surface area (TPSA) is 41.7 Å². The zero-order valence-electron chi connectivity index (χ0n) is 6.34. The second kappa shape index (κ2) is 2.91. The first-order chi connectivity index (χ1) is 5.21. The predicted octanol–water partition coefficient (Wildman–Crippen LogP) is 1.55. The highest BCUT2D eigenvalue weighted by Gasteiger charge is 2.44. The largest absolute Gasteiger partial charge is 0.481 e. The summed E-state index contributed by atoms with van der Waals surface area (Å²) < 4.78 is 0. The van der Waals surface area contributed by atoms with Crippen molar-refractivity contribution in [3.05, 3.63) is 11.4 Å². The van der Waals surface area contributed by atoms with E-state index in [-0.39, 0.29) is 6.54 Å². The van der Waals surface area contributed by atoms with Crippen LogP contribution in [-0.2, 0) is 4.79 Å². The summed E-state index contributed by atoms with van der Waals surface area (Å²) in [5.74, 6) is -0.786. The average Bonchev–Trinajstić information content (AvgIpc) is 2.38. The first kappa shape index (κ1) is 8.06. The molecule has 0 aliphatic heterocycles. The zero-order valence-corrected chi connectivity index (χ0v) is 6.34. The van der Waals surface area contributed by atoms with Crippen LogP contribution in [0.2, 0.25) is 0 Å². The first-order valence-electron chi connectivity index (χ1n) is 3.78. The van der Waals surface area contributed by atoms with Gasteiger partial charge in [-0.05, 0) is 12.8 Å². The molecule has 1 fully saturated rings. The fourth-order valence-corrected chi connectivity index (χ4v) is 1.64. The molecule has 0 amide bonds. The number of carboxylic acids is 1. The first-order valence-corrected chi connectivity index (χ1v) is 3.78. The van der Waals surface area contributed by atoms with Gasteiger partial charge in [0, 0.05) is 0 Å². The minimum Gasteiger partial charge on any atom is -0.481 e. The van der Waals surface area contributed by atoms with Crippen molar-refractivity contribution >= 4 is 5.97 Å². The van der Waals surface area contributed by atoms with Crippen LogP contribution in [0, 0.1) is 12.0 Å². The van der Waals surface area contributed by atoms with Crippen molar-refractivity contribution in [2.24, 2.45) is 5.41 Å². The van der Waals surface area contributed by atoms with Crippen LogP contribution in [0.25, 0.3) is 4.85 Å². The summed E-state index contributed by atoms with van der Waals surface area (Å²) in [7, 11) is 0. The van der Waals surface area contributed by atoms with Crippen molar-refractivity contribution in [3.8, 4) is 0 Å². The molecule has 1 N–H and O–H groups in total. The Morgan fingerprint density at radius 2 is 2.09 bits per heavy atom. The molecule has 3 nitrogen and oxygen atoms in total. The number of carboxylic acid groups (broad SMARTS) is 1. The second-order valence-corrected chi connectivity index (χ2v) is 3.11. The molecular formula is C8H11NO2. The molecule has 1 rings (SSSR count). The third-order valence-corrected chi connectivity index (χ3v) is 2.40. The van der Waals surface area contributed by atoms with Crippen molar-refractivity contribution in [2.75, 3.05) is 6.54 Å². The number of aliphatic carboxylic acids is 1. The van der Waals surface area contributed by atoms with E-state index in [2.05, 4.69) is 4.85 Å². The van der Waals surface area contributed by atoms with E-state index in [9.17, 15) is 4.79 Å². The molecular weight excluding hydrogens is 142 g/mol. The van der Waals surface area contributed by atoms with Gasteiger partial charge in [-0.15, -0.1) is 0 Å². The molecule has 0 heterocycles. The Morgan fingerprint density at radius 3 is 2.45 bits per heavy atom. The minimum absolute atomic E-state index is 0.155. The number of hydrogen-bond donors (Lipinski definition) is 1. The quantitative estimate of drug-likeness (QED) is 0.611. The van der Waals surface area contributed by atoms with E-state index in [1.165, 1.54) is 0 Å². The molecule has 1 aliphatic rings. The molecule has 0 unspecified atom stereocenters. The third-order valence-electron chi connectivity index (χ3n) is 2.40. The highest BCUT2D eigenvalue weighted by Crippen LogP contribution is 2.38. The summed E-state index contributed by atoms with van der Waals surface area (Å²) in [6, 6.07) is 0. The molecule has 0 spiro atoms.